The molecule has 24 heavy (non-hydrogen) atoms. The molecule has 1 saturated carbocycles. The van der Waals surface area contributed by atoms with Crippen molar-refractivity contribution in [1.82, 2.24) is 0 Å². The lowest BCUT2D eigenvalue weighted by atomic mass is 9.82. The van der Waals surface area contributed by atoms with E-state index >= 15 is 0 Å². The predicted molar refractivity (Wildman–Crippen MR) is 101 cm³/mol. The second-order valence-corrected chi connectivity index (χ2v) is 7.21. The van der Waals surface area contributed by atoms with E-state index in [-0.39, 0.29) is 0 Å². The number of pyridine rings is 1. The van der Waals surface area contributed by atoms with Gasteiger partial charge in [0.2, 0.25) is 11.2 Å². The molecule has 0 saturated heterocycles. The standard InChI is InChI=1S/C23H26N/c1-17-10-6-7-13-19(17)23-16-21(18-11-4-3-5-12-18)20-14-8-9-15-22(20)24(23)2/h6-10,13-16,18H,3-5,11-12H2,1-2H3/q+1. The zero-order chi connectivity index (χ0) is 16.5. The van der Waals surface area contributed by atoms with Crippen LogP contribution in [0.4, 0.5) is 0 Å². The van der Waals surface area contributed by atoms with Crippen molar-refractivity contribution in [2.45, 2.75) is 44.9 Å². The van der Waals surface area contributed by atoms with E-state index < -0.39 is 0 Å². The molecule has 1 aromatic heterocycles. The fourth-order valence-corrected chi connectivity index (χ4v) is 4.33. The number of hydrogen-bond acceptors (Lipinski definition) is 0. The summed E-state index contributed by atoms with van der Waals surface area (Å²) in [5.74, 6) is 0.715. The summed E-state index contributed by atoms with van der Waals surface area (Å²) in [6.07, 6.45) is 6.83. The van der Waals surface area contributed by atoms with Crippen molar-refractivity contribution in [3.63, 3.8) is 0 Å². The summed E-state index contributed by atoms with van der Waals surface area (Å²) in [7, 11) is 2.20. The minimum absolute atomic E-state index is 0.715. The van der Waals surface area contributed by atoms with Crippen molar-refractivity contribution in [3.05, 3.63) is 65.7 Å². The van der Waals surface area contributed by atoms with Crippen molar-refractivity contribution >= 4 is 10.9 Å². The van der Waals surface area contributed by atoms with E-state index in [1.54, 1.807) is 5.56 Å². The number of rotatable bonds is 2. The van der Waals surface area contributed by atoms with E-state index in [4.69, 9.17) is 0 Å². The van der Waals surface area contributed by atoms with Gasteiger partial charge in [-0.2, -0.15) is 4.57 Å². The largest absolute Gasteiger partial charge is 0.213 e. The molecular weight excluding hydrogens is 290 g/mol. The lowest BCUT2D eigenvalue weighted by Gasteiger charge is -2.23. The molecular formula is C23H26N+. The molecule has 1 heterocycles. The van der Waals surface area contributed by atoms with Crippen LogP contribution >= 0.6 is 0 Å². The van der Waals surface area contributed by atoms with Crippen molar-refractivity contribution in [1.29, 1.82) is 0 Å². The van der Waals surface area contributed by atoms with Gasteiger partial charge in [-0.25, -0.2) is 0 Å². The van der Waals surface area contributed by atoms with E-state index in [0.29, 0.717) is 5.92 Å². The van der Waals surface area contributed by atoms with Crippen molar-refractivity contribution in [2.24, 2.45) is 7.05 Å². The van der Waals surface area contributed by atoms with Crippen LogP contribution in [-0.2, 0) is 7.05 Å². The lowest BCUT2D eigenvalue weighted by Crippen LogP contribution is -2.33. The van der Waals surface area contributed by atoms with Crippen LogP contribution in [0.5, 0.6) is 0 Å². The van der Waals surface area contributed by atoms with Gasteiger partial charge in [0.1, 0.15) is 7.05 Å². The lowest BCUT2D eigenvalue weighted by molar-refractivity contribution is -0.633. The molecule has 1 aliphatic carbocycles. The van der Waals surface area contributed by atoms with Gasteiger partial charge in [0, 0.05) is 23.1 Å². The van der Waals surface area contributed by atoms with Gasteiger partial charge in [0.05, 0.1) is 0 Å². The maximum Gasteiger partial charge on any atom is 0.213 e. The quantitative estimate of drug-likeness (QED) is 0.535. The topological polar surface area (TPSA) is 3.88 Å². The number of hydrogen-bond donors (Lipinski definition) is 0. The van der Waals surface area contributed by atoms with Gasteiger partial charge in [-0.1, -0.05) is 49.6 Å². The monoisotopic (exact) mass is 316 g/mol. The average molecular weight is 316 g/mol. The minimum Gasteiger partial charge on any atom is -0.194 e. The van der Waals surface area contributed by atoms with Gasteiger partial charge in [-0.05, 0) is 48.9 Å². The Balaban J connectivity index is 1.98. The molecule has 0 radical (unpaired) electrons. The summed E-state index contributed by atoms with van der Waals surface area (Å²) in [4.78, 5) is 0. The molecule has 0 N–H and O–H groups in total. The molecule has 0 atom stereocenters. The third kappa shape index (κ3) is 2.62. The van der Waals surface area contributed by atoms with Crippen LogP contribution in [0.25, 0.3) is 22.2 Å². The fraction of sp³-hybridized carbons (Fsp3) is 0.348. The highest BCUT2D eigenvalue weighted by Crippen LogP contribution is 2.37. The summed E-state index contributed by atoms with van der Waals surface area (Å²) in [5.41, 5.74) is 6.94. The van der Waals surface area contributed by atoms with Crippen LogP contribution in [0.1, 0.15) is 49.1 Å². The van der Waals surface area contributed by atoms with Gasteiger partial charge in [0.15, 0.2) is 0 Å². The second-order valence-electron chi connectivity index (χ2n) is 7.21. The second kappa shape index (κ2) is 6.39. The molecule has 0 bridgehead atoms. The zero-order valence-electron chi connectivity index (χ0n) is 14.8. The third-order valence-corrected chi connectivity index (χ3v) is 5.70. The molecule has 4 rings (SSSR count). The Hall–Kier alpha value is -2.15. The molecule has 2 aromatic carbocycles. The van der Waals surface area contributed by atoms with Gasteiger partial charge in [-0.3, -0.25) is 0 Å². The van der Waals surface area contributed by atoms with Crippen LogP contribution in [-0.4, -0.2) is 0 Å². The highest BCUT2D eigenvalue weighted by Gasteiger charge is 2.24. The van der Waals surface area contributed by atoms with Gasteiger partial charge < -0.3 is 0 Å². The van der Waals surface area contributed by atoms with Gasteiger partial charge in [0.25, 0.3) is 0 Å². The Bertz CT molecular complexity index is 872. The van der Waals surface area contributed by atoms with Crippen LogP contribution in [0.15, 0.2) is 54.6 Å². The maximum atomic E-state index is 2.47. The third-order valence-electron chi connectivity index (χ3n) is 5.70. The molecule has 1 fully saturated rings. The Morgan fingerprint density at radius 3 is 2.38 bits per heavy atom. The summed E-state index contributed by atoms with van der Waals surface area (Å²) in [6.45, 7) is 2.21. The number of fused-ring (bicyclic) bond motifs is 1. The summed E-state index contributed by atoms with van der Waals surface area (Å²) in [5, 5.41) is 1.43. The highest BCUT2D eigenvalue weighted by atomic mass is 14.9. The van der Waals surface area contributed by atoms with Gasteiger partial charge in [-0.15, -0.1) is 0 Å². The molecule has 0 amide bonds. The van der Waals surface area contributed by atoms with E-state index in [0.717, 1.165) is 0 Å². The van der Waals surface area contributed by atoms with Crippen molar-refractivity contribution in [3.8, 4) is 11.3 Å². The Kier molecular flexibility index (Phi) is 4.10. The Labute approximate surface area is 145 Å². The first-order valence-electron chi connectivity index (χ1n) is 9.23. The normalized spacial score (nSPS) is 15.8. The molecule has 1 heteroatoms. The zero-order valence-corrected chi connectivity index (χ0v) is 14.8. The first-order chi connectivity index (χ1) is 11.8. The first-order valence-corrected chi connectivity index (χ1v) is 9.23. The predicted octanol–water partition coefficient (Wildman–Crippen LogP) is 5.69. The summed E-state index contributed by atoms with van der Waals surface area (Å²) < 4.78 is 2.37. The molecule has 3 aromatic rings. The number of nitrogens with zero attached hydrogens (tertiary/aromatic N) is 1. The molecule has 1 aliphatic rings. The van der Waals surface area contributed by atoms with Crippen LogP contribution in [0, 0.1) is 6.92 Å². The smallest absolute Gasteiger partial charge is 0.194 e. The Morgan fingerprint density at radius 1 is 0.875 bits per heavy atom. The molecule has 122 valence electrons. The molecule has 0 aliphatic heterocycles. The minimum atomic E-state index is 0.715. The Morgan fingerprint density at radius 2 is 1.58 bits per heavy atom. The first kappa shape index (κ1) is 15.4. The molecule has 1 nitrogen and oxygen atoms in total. The average Bonchev–Trinajstić information content (AvgIpc) is 2.64. The van der Waals surface area contributed by atoms with E-state index in [2.05, 4.69) is 73.1 Å². The van der Waals surface area contributed by atoms with Crippen molar-refractivity contribution in [2.75, 3.05) is 0 Å². The van der Waals surface area contributed by atoms with Crippen LogP contribution in [0.3, 0.4) is 0 Å². The molecule has 0 unspecified atom stereocenters. The van der Waals surface area contributed by atoms with Gasteiger partial charge >= 0.3 is 0 Å². The maximum absolute atomic E-state index is 2.47. The fourth-order valence-electron chi connectivity index (χ4n) is 4.33. The van der Waals surface area contributed by atoms with Crippen LogP contribution < -0.4 is 4.57 Å². The number of aryl methyl sites for hydroxylation is 2. The van der Waals surface area contributed by atoms with E-state index in [1.165, 1.54) is 59.8 Å². The number of benzene rings is 2. The SMILES string of the molecule is Cc1ccccc1-c1cc(C2CCCCC2)c2ccccc2[n+]1C. The van der Waals surface area contributed by atoms with Crippen LogP contribution in [0.2, 0.25) is 0 Å². The summed E-state index contributed by atoms with van der Waals surface area (Å²) in [6, 6.07) is 20.1. The number of aromatic nitrogens is 1. The highest BCUT2D eigenvalue weighted by molar-refractivity contribution is 5.82. The summed E-state index contributed by atoms with van der Waals surface area (Å²) >= 11 is 0. The molecule has 0 spiro atoms. The van der Waals surface area contributed by atoms with Crippen molar-refractivity contribution < 1.29 is 4.57 Å². The number of para-hydroxylation sites is 1. The van der Waals surface area contributed by atoms with E-state index in [1.807, 2.05) is 0 Å². The van der Waals surface area contributed by atoms with E-state index in [9.17, 15) is 0 Å².